The second-order valence-corrected chi connectivity index (χ2v) is 5.74. The number of halogens is 1. The molecular formula is C15H16ClN5O2. The first-order valence-electron chi connectivity index (χ1n) is 7.28. The number of hydrogen-bond donors (Lipinski definition) is 1. The molecule has 3 heterocycles. The highest BCUT2D eigenvalue weighted by Crippen LogP contribution is 2.30. The molecule has 0 bridgehead atoms. The Morgan fingerprint density at radius 1 is 1.26 bits per heavy atom. The molecule has 1 aliphatic heterocycles. The van der Waals surface area contributed by atoms with E-state index >= 15 is 0 Å². The zero-order valence-electron chi connectivity index (χ0n) is 12.6. The molecule has 3 rings (SSSR count). The van der Waals surface area contributed by atoms with Gasteiger partial charge in [-0.25, -0.2) is 19.9 Å². The van der Waals surface area contributed by atoms with Crippen LogP contribution in [0.1, 0.15) is 35.0 Å². The zero-order valence-corrected chi connectivity index (χ0v) is 13.4. The quantitative estimate of drug-likeness (QED) is 0.918. The Kier molecular flexibility index (Phi) is 4.49. The molecule has 120 valence electrons. The Morgan fingerprint density at radius 2 is 1.96 bits per heavy atom. The van der Waals surface area contributed by atoms with Gasteiger partial charge in [0.05, 0.1) is 11.2 Å². The van der Waals surface area contributed by atoms with Crippen LogP contribution in [0.15, 0.2) is 24.7 Å². The van der Waals surface area contributed by atoms with Crippen molar-refractivity contribution in [3.63, 3.8) is 0 Å². The molecule has 0 radical (unpaired) electrons. The van der Waals surface area contributed by atoms with Gasteiger partial charge in [0.25, 0.3) is 5.91 Å². The lowest BCUT2D eigenvalue weighted by molar-refractivity contribution is 0.0312. The van der Waals surface area contributed by atoms with E-state index in [4.69, 9.17) is 16.3 Å². The van der Waals surface area contributed by atoms with Crippen LogP contribution >= 0.6 is 11.6 Å². The fourth-order valence-electron chi connectivity index (χ4n) is 2.56. The minimum absolute atomic E-state index is 0.154. The molecule has 1 saturated heterocycles. The van der Waals surface area contributed by atoms with Crippen molar-refractivity contribution in [2.75, 3.05) is 13.2 Å². The van der Waals surface area contributed by atoms with Crippen molar-refractivity contribution >= 4 is 17.5 Å². The molecule has 0 atom stereocenters. The maximum absolute atomic E-state index is 12.7. The van der Waals surface area contributed by atoms with Gasteiger partial charge in [-0.15, -0.1) is 0 Å². The summed E-state index contributed by atoms with van der Waals surface area (Å²) in [5.74, 6) is 0.685. The summed E-state index contributed by atoms with van der Waals surface area (Å²) in [7, 11) is 0. The molecule has 8 heteroatoms. The minimum atomic E-state index is -0.682. The number of aryl methyl sites for hydroxylation is 1. The van der Waals surface area contributed by atoms with E-state index in [9.17, 15) is 4.79 Å². The molecule has 1 amide bonds. The smallest absolute Gasteiger partial charge is 0.272 e. The molecule has 23 heavy (non-hydrogen) atoms. The lowest BCUT2D eigenvalue weighted by Gasteiger charge is -2.36. The molecule has 1 fully saturated rings. The standard InChI is InChI=1S/C15H16ClN5O2/c1-10-19-9-11(16)12(20-10)13(22)21-15(3-7-23-8-4-15)14-17-5-2-6-18-14/h2,5-6,9H,3-4,7-8H2,1H3,(H,21,22). The van der Waals surface area contributed by atoms with E-state index < -0.39 is 5.54 Å². The van der Waals surface area contributed by atoms with Crippen LogP contribution in [0.4, 0.5) is 0 Å². The molecule has 0 aromatic carbocycles. The summed E-state index contributed by atoms with van der Waals surface area (Å²) in [5, 5.41) is 3.23. The van der Waals surface area contributed by atoms with Crippen LogP contribution in [-0.4, -0.2) is 39.1 Å². The lowest BCUT2D eigenvalue weighted by Crippen LogP contribution is -2.50. The summed E-state index contributed by atoms with van der Waals surface area (Å²) < 4.78 is 5.42. The monoisotopic (exact) mass is 333 g/mol. The topological polar surface area (TPSA) is 89.9 Å². The third-order valence-electron chi connectivity index (χ3n) is 3.77. The van der Waals surface area contributed by atoms with Gasteiger partial charge in [0.2, 0.25) is 0 Å². The number of carbonyl (C=O) groups excluding carboxylic acids is 1. The van der Waals surface area contributed by atoms with E-state index in [1.54, 1.807) is 25.4 Å². The molecule has 0 saturated carbocycles. The Hall–Kier alpha value is -2.12. The number of ether oxygens (including phenoxy) is 1. The highest BCUT2D eigenvalue weighted by atomic mass is 35.5. The molecular weight excluding hydrogens is 318 g/mol. The summed E-state index contributed by atoms with van der Waals surface area (Å²) in [6.45, 7) is 2.75. The normalized spacial score (nSPS) is 16.8. The summed E-state index contributed by atoms with van der Waals surface area (Å²) in [6, 6.07) is 1.74. The second-order valence-electron chi connectivity index (χ2n) is 5.33. The maximum atomic E-state index is 12.7. The molecule has 0 unspecified atom stereocenters. The highest BCUT2D eigenvalue weighted by Gasteiger charge is 2.39. The van der Waals surface area contributed by atoms with Gasteiger partial charge in [0.1, 0.15) is 17.1 Å². The van der Waals surface area contributed by atoms with Crippen molar-refractivity contribution in [3.8, 4) is 0 Å². The highest BCUT2D eigenvalue weighted by molar-refractivity contribution is 6.33. The van der Waals surface area contributed by atoms with Gasteiger partial charge in [0.15, 0.2) is 5.82 Å². The van der Waals surface area contributed by atoms with E-state index in [0.29, 0.717) is 37.7 Å². The van der Waals surface area contributed by atoms with Gasteiger partial charge in [-0.1, -0.05) is 11.6 Å². The van der Waals surface area contributed by atoms with Crippen molar-refractivity contribution in [1.29, 1.82) is 0 Å². The minimum Gasteiger partial charge on any atom is -0.381 e. The van der Waals surface area contributed by atoms with Crippen LogP contribution in [0.3, 0.4) is 0 Å². The number of aromatic nitrogens is 4. The number of nitrogens with one attached hydrogen (secondary N) is 1. The van der Waals surface area contributed by atoms with E-state index in [0.717, 1.165) is 0 Å². The fraction of sp³-hybridized carbons (Fsp3) is 0.400. The maximum Gasteiger partial charge on any atom is 0.272 e. The molecule has 0 spiro atoms. The van der Waals surface area contributed by atoms with E-state index in [-0.39, 0.29) is 16.6 Å². The molecule has 2 aromatic rings. The predicted octanol–water partition coefficient (Wildman–Crippen LogP) is 1.66. The Morgan fingerprint density at radius 3 is 2.65 bits per heavy atom. The molecule has 1 aliphatic rings. The second kappa shape index (κ2) is 6.55. The van der Waals surface area contributed by atoms with E-state index in [2.05, 4.69) is 25.3 Å². The SMILES string of the molecule is Cc1ncc(Cl)c(C(=O)NC2(c3ncccn3)CCOCC2)n1. The average molecular weight is 334 g/mol. The van der Waals surface area contributed by atoms with Gasteiger partial charge >= 0.3 is 0 Å². The van der Waals surface area contributed by atoms with Crippen LogP contribution in [0, 0.1) is 6.92 Å². The van der Waals surface area contributed by atoms with Gasteiger partial charge in [-0.3, -0.25) is 4.79 Å². The number of rotatable bonds is 3. The summed E-state index contributed by atoms with van der Waals surface area (Å²) in [6.07, 6.45) is 5.92. The molecule has 0 aliphatic carbocycles. The van der Waals surface area contributed by atoms with Crippen molar-refractivity contribution in [2.24, 2.45) is 0 Å². The largest absolute Gasteiger partial charge is 0.381 e. The zero-order chi connectivity index (χ0) is 16.3. The van der Waals surface area contributed by atoms with Gasteiger partial charge < -0.3 is 10.1 Å². The first-order valence-corrected chi connectivity index (χ1v) is 7.65. The van der Waals surface area contributed by atoms with Crippen molar-refractivity contribution in [3.05, 3.63) is 47.0 Å². The van der Waals surface area contributed by atoms with Crippen LogP contribution in [0.2, 0.25) is 5.02 Å². The number of carbonyl (C=O) groups is 1. The van der Waals surface area contributed by atoms with Crippen LogP contribution in [0.25, 0.3) is 0 Å². The van der Waals surface area contributed by atoms with Crippen LogP contribution in [-0.2, 0) is 10.3 Å². The van der Waals surface area contributed by atoms with Crippen LogP contribution < -0.4 is 5.32 Å². The Labute approximate surface area is 138 Å². The predicted molar refractivity (Wildman–Crippen MR) is 83.0 cm³/mol. The molecule has 1 N–H and O–H groups in total. The van der Waals surface area contributed by atoms with E-state index in [1.165, 1.54) is 6.20 Å². The summed E-state index contributed by atoms with van der Waals surface area (Å²) >= 11 is 6.06. The first-order chi connectivity index (χ1) is 11.1. The average Bonchev–Trinajstić information content (AvgIpc) is 2.58. The summed E-state index contributed by atoms with van der Waals surface area (Å²) in [4.78, 5) is 29.4. The van der Waals surface area contributed by atoms with Crippen LogP contribution in [0.5, 0.6) is 0 Å². The number of amides is 1. The Balaban J connectivity index is 1.93. The lowest BCUT2D eigenvalue weighted by atomic mass is 9.88. The fourth-order valence-corrected chi connectivity index (χ4v) is 2.74. The van der Waals surface area contributed by atoms with Crippen molar-refractivity contribution < 1.29 is 9.53 Å². The van der Waals surface area contributed by atoms with Crippen molar-refractivity contribution in [2.45, 2.75) is 25.3 Å². The third-order valence-corrected chi connectivity index (χ3v) is 4.05. The van der Waals surface area contributed by atoms with E-state index in [1.807, 2.05) is 0 Å². The van der Waals surface area contributed by atoms with Crippen molar-refractivity contribution in [1.82, 2.24) is 25.3 Å². The number of nitrogens with zero attached hydrogens (tertiary/aromatic N) is 4. The first kappa shape index (κ1) is 15.8. The van der Waals surface area contributed by atoms with Gasteiger partial charge in [-0.2, -0.15) is 0 Å². The third kappa shape index (κ3) is 3.30. The number of hydrogen-bond acceptors (Lipinski definition) is 6. The van der Waals surface area contributed by atoms with Gasteiger partial charge in [-0.05, 0) is 13.0 Å². The van der Waals surface area contributed by atoms with Gasteiger partial charge in [0, 0.05) is 38.4 Å². The Bertz CT molecular complexity index is 704. The molecule has 7 nitrogen and oxygen atoms in total. The summed E-state index contributed by atoms with van der Waals surface area (Å²) in [5.41, 5.74) is -0.528. The molecule has 2 aromatic heterocycles.